The number of piperazine rings is 1. The van der Waals surface area contributed by atoms with Gasteiger partial charge < -0.3 is 19.1 Å². The second-order valence-electron chi connectivity index (χ2n) is 8.22. The first-order valence-corrected chi connectivity index (χ1v) is 12.6. The van der Waals surface area contributed by atoms with E-state index in [1.807, 2.05) is 54.8 Å². The summed E-state index contributed by atoms with van der Waals surface area (Å²) < 4.78 is 18.0. The van der Waals surface area contributed by atoms with Gasteiger partial charge in [-0.1, -0.05) is 36.0 Å². The Labute approximate surface area is 207 Å². The molecule has 0 N–H and O–H groups in total. The Morgan fingerprint density at radius 3 is 2.57 bits per heavy atom. The SMILES string of the molecule is CSc1ncc(C(=O)OCC(=O)N2CCN(Cc3ccc4c(c3)OCO4)CC2)n1-c1ccccc1. The van der Waals surface area contributed by atoms with Gasteiger partial charge in [0.2, 0.25) is 6.79 Å². The van der Waals surface area contributed by atoms with Gasteiger partial charge in [0.1, 0.15) is 0 Å². The van der Waals surface area contributed by atoms with Crippen LogP contribution in [0.5, 0.6) is 11.5 Å². The summed E-state index contributed by atoms with van der Waals surface area (Å²) in [6.45, 7) is 3.39. The van der Waals surface area contributed by atoms with Crippen molar-refractivity contribution in [3.8, 4) is 17.2 Å². The van der Waals surface area contributed by atoms with Crippen LogP contribution < -0.4 is 9.47 Å². The van der Waals surface area contributed by atoms with Crippen molar-refractivity contribution < 1.29 is 23.8 Å². The lowest BCUT2D eigenvalue weighted by Gasteiger charge is -2.34. The maximum absolute atomic E-state index is 12.8. The first-order chi connectivity index (χ1) is 17.1. The number of carbonyl (C=O) groups is 2. The van der Waals surface area contributed by atoms with Gasteiger partial charge in [-0.05, 0) is 36.1 Å². The van der Waals surface area contributed by atoms with E-state index < -0.39 is 5.97 Å². The van der Waals surface area contributed by atoms with Gasteiger partial charge in [0, 0.05) is 38.4 Å². The quantitative estimate of drug-likeness (QED) is 0.366. The van der Waals surface area contributed by atoms with E-state index in [1.54, 1.807) is 9.47 Å². The number of rotatable bonds is 7. The van der Waals surface area contributed by atoms with Gasteiger partial charge in [0.25, 0.3) is 5.91 Å². The lowest BCUT2D eigenvalue weighted by atomic mass is 10.1. The summed E-state index contributed by atoms with van der Waals surface area (Å²) in [5, 5.41) is 0.674. The number of nitrogens with zero attached hydrogens (tertiary/aromatic N) is 4. The lowest BCUT2D eigenvalue weighted by Crippen LogP contribution is -2.49. The molecule has 3 heterocycles. The number of amides is 1. The molecule has 0 radical (unpaired) electrons. The molecular formula is C25H26N4O5S. The van der Waals surface area contributed by atoms with Crippen LogP contribution in [0.25, 0.3) is 5.69 Å². The van der Waals surface area contributed by atoms with Crippen molar-refractivity contribution >= 4 is 23.6 Å². The zero-order valence-electron chi connectivity index (χ0n) is 19.4. The summed E-state index contributed by atoms with van der Waals surface area (Å²) in [4.78, 5) is 33.9. The van der Waals surface area contributed by atoms with Gasteiger partial charge in [-0.3, -0.25) is 14.3 Å². The topological polar surface area (TPSA) is 86.1 Å². The summed E-state index contributed by atoms with van der Waals surface area (Å²) in [6, 6.07) is 15.4. The van der Waals surface area contributed by atoms with Gasteiger partial charge in [0.05, 0.1) is 6.20 Å². The summed E-state index contributed by atoms with van der Waals surface area (Å²) >= 11 is 1.43. The predicted molar refractivity (Wildman–Crippen MR) is 130 cm³/mol. The van der Waals surface area contributed by atoms with Crippen LogP contribution in [0.15, 0.2) is 59.9 Å². The minimum Gasteiger partial charge on any atom is -0.454 e. The number of thioether (sulfide) groups is 1. The molecule has 182 valence electrons. The van der Waals surface area contributed by atoms with Crippen LogP contribution >= 0.6 is 11.8 Å². The molecule has 2 aromatic carbocycles. The number of hydrogen-bond donors (Lipinski definition) is 0. The Morgan fingerprint density at radius 2 is 1.80 bits per heavy atom. The third kappa shape index (κ3) is 5.13. The van der Waals surface area contributed by atoms with Crippen LogP contribution in [0.4, 0.5) is 0 Å². The monoisotopic (exact) mass is 494 g/mol. The summed E-state index contributed by atoms with van der Waals surface area (Å²) in [7, 11) is 0. The van der Waals surface area contributed by atoms with Crippen molar-refractivity contribution in [1.29, 1.82) is 0 Å². The number of ether oxygens (including phenoxy) is 3. The molecule has 10 heteroatoms. The van der Waals surface area contributed by atoms with Gasteiger partial charge in [0.15, 0.2) is 29.0 Å². The number of fused-ring (bicyclic) bond motifs is 1. The first-order valence-electron chi connectivity index (χ1n) is 11.4. The van der Waals surface area contributed by atoms with Gasteiger partial charge >= 0.3 is 5.97 Å². The highest BCUT2D eigenvalue weighted by molar-refractivity contribution is 7.98. The molecule has 1 aromatic heterocycles. The fourth-order valence-corrected chi connectivity index (χ4v) is 4.74. The Bertz CT molecular complexity index is 1210. The first kappa shape index (κ1) is 23.3. The maximum atomic E-state index is 12.8. The van der Waals surface area contributed by atoms with Crippen molar-refractivity contribution in [2.45, 2.75) is 11.7 Å². The summed E-state index contributed by atoms with van der Waals surface area (Å²) in [5.74, 6) is 0.778. The molecule has 0 atom stereocenters. The van der Waals surface area contributed by atoms with E-state index in [1.165, 1.54) is 18.0 Å². The van der Waals surface area contributed by atoms with E-state index >= 15 is 0 Å². The second-order valence-corrected chi connectivity index (χ2v) is 9.00. The molecule has 0 aliphatic carbocycles. The van der Waals surface area contributed by atoms with E-state index in [4.69, 9.17) is 14.2 Å². The van der Waals surface area contributed by atoms with Crippen LogP contribution in [0.2, 0.25) is 0 Å². The number of hydrogen-bond acceptors (Lipinski definition) is 8. The second kappa shape index (κ2) is 10.4. The summed E-state index contributed by atoms with van der Waals surface area (Å²) in [6.07, 6.45) is 3.38. The molecule has 2 aliphatic heterocycles. The molecule has 1 amide bonds. The van der Waals surface area contributed by atoms with E-state index in [-0.39, 0.29) is 19.3 Å². The molecule has 3 aromatic rings. The van der Waals surface area contributed by atoms with Gasteiger partial charge in [-0.2, -0.15) is 0 Å². The molecular weight excluding hydrogens is 468 g/mol. The number of benzene rings is 2. The molecule has 2 aliphatic rings. The molecule has 5 rings (SSSR count). The van der Waals surface area contributed by atoms with Crippen molar-refractivity contribution in [1.82, 2.24) is 19.4 Å². The average Bonchev–Trinajstić information content (AvgIpc) is 3.55. The minimum absolute atomic E-state index is 0.197. The zero-order chi connectivity index (χ0) is 24.2. The van der Waals surface area contributed by atoms with Crippen LogP contribution in [0.3, 0.4) is 0 Å². The lowest BCUT2D eigenvalue weighted by molar-refractivity contribution is -0.136. The number of carbonyl (C=O) groups excluding carboxylic acids is 2. The van der Waals surface area contributed by atoms with Gasteiger partial charge in [-0.25, -0.2) is 9.78 Å². The van der Waals surface area contributed by atoms with Crippen molar-refractivity contribution in [3.63, 3.8) is 0 Å². The van der Waals surface area contributed by atoms with E-state index in [9.17, 15) is 9.59 Å². The highest BCUT2D eigenvalue weighted by atomic mass is 32.2. The van der Waals surface area contributed by atoms with E-state index in [0.29, 0.717) is 23.9 Å². The fraction of sp³-hybridized carbons (Fsp3) is 0.320. The Hall–Kier alpha value is -3.50. The predicted octanol–water partition coefficient (Wildman–Crippen LogP) is 2.82. The standard InChI is InChI=1S/C25H26N4O5S/c1-35-25-26-14-20(29(25)19-5-3-2-4-6-19)24(31)32-16-23(30)28-11-9-27(10-12-28)15-18-7-8-21-22(13-18)34-17-33-21/h2-8,13-14H,9-12,15-17H2,1H3. The highest BCUT2D eigenvalue weighted by Gasteiger charge is 2.24. The fourth-order valence-electron chi connectivity index (χ4n) is 4.19. The molecule has 0 saturated carbocycles. The largest absolute Gasteiger partial charge is 0.454 e. The highest BCUT2D eigenvalue weighted by Crippen LogP contribution is 2.32. The normalized spacial score (nSPS) is 15.3. The van der Waals surface area contributed by atoms with Crippen LogP contribution in [0, 0.1) is 0 Å². The number of para-hydroxylation sites is 1. The van der Waals surface area contributed by atoms with Crippen LogP contribution in [-0.4, -0.2) is 77.1 Å². The van der Waals surface area contributed by atoms with Crippen molar-refractivity contribution in [2.75, 3.05) is 45.8 Å². The number of aromatic nitrogens is 2. The zero-order valence-corrected chi connectivity index (χ0v) is 20.2. The van der Waals surface area contributed by atoms with E-state index in [0.717, 1.165) is 42.4 Å². The Balaban J connectivity index is 1.13. The minimum atomic E-state index is -0.573. The number of esters is 1. The third-order valence-electron chi connectivity index (χ3n) is 6.03. The third-order valence-corrected chi connectivity index (χ3v) is 6.68. The molecule has 0 unspecified atom stereocenters. The van der Waals surface area contributed by atoms with E-state index in [2.05, 4.69) is 9.88 Å². The molecule has 1 fully saturated rings. The molecule has 1 saturated heterocycles. The molecule has 0 bridgehead atoms. The number of imidazole rings is 1. The van der Waals surface area contributed by atoms with Crippen molar-refractivity contribution in [3.05, 3.63) is 66.0 Å². The maximum Gasteiger partial charge on any atom is 0.357 e. The Morgan fingerprint density at radius 1 is 1.03 bits per heavy atom. The molecule has 35 heavy (non-hydrogen) atoms. The summed E-state index contributed by atoms with van der Waals surface area (Å²) in [5.41, 5.74) is 2.25. The van der Waals surface area contributed by atoms with Crippen molar-refractivity contribution in [2.24, 2.45) is 0 Å². The Kier molecular flexibility index (Phi) is 6.91. The average molecular weight is 495 g/mol. The van der Waals surface area contributed by atoms with Crippen LogP contribution in [-0.2, 0) is 16.1 Å². The van der Waals surface area contributed by atoms with Gasteiger partial charge in [-0.15, -0.1) is 0 Å². The van der Waals surface area contributed by atoms with Crippen LogP contribution in [0.1, 0.15) is 16.1 Å². The molecule has 0 spiro atoms. The smallest absolute Gasteiger partial charge is 0.357 e. The molecule has 9 nitrogen and oxygen atoms in total.